The molecule has 1 aliphatic carbocycles. The van der Waals surface area contributed by atoms with Crippen LogP contribution in [0.5, 0.6) is 0 Å². The summed E-state index contributed by atoms with van der Waals surface area (Å²) >= 11 is 0. The van der Waals surface area contributed by atoms with E-state index in [0.717, 1.165) is 29.5 Å². The van der Waals surface area contributed by atoms with Gasteiger partial charge in [-0.2, -0.15) is 0 Å². The van der Waals surface area contributed by atoms with E-state index < -0.39 is 0 Å². The molecule has 3 rings (SSSR count). The second-order valence-electron chi connectivity index (χ2n) is 6.14. The van der Waals surface area contributed by atoms with Crippen LogP contribution in [-0.4, -0.2) is 11.9 Å². The quantitative estimate of drug-likeness (QED) is 0.645. The summed E-state index contributed by atoms with van der Waals surface area (Å²) in [7, 11) is 0. The third-order valence-electron chi connectivity index (χ3n) is 4.38. The third kappa shape index (κ3) is 4.32. The van der Waals surface area contributed by atoms with Gasteiger partial charge in [0, 0.05) is 11.6 Å². The molecule has 2 aromatic rings. The first kappa shape index (κ1) is 15.5. The van der Waals surface area contributed by atoms with Crippen molar-refractivity contribution in [3.63, 3.8) is 0 Å². The zero-order valence-corrected chi connectivity index (χ0v) is 13.4. The fourth-order valence-electron chi connectivity index (χ4n) is 3.12. The molecule has 0 aliphatic heterocycles. The van der Waals surface area contributed by atoms with Crippen LogP contribution in [0.4, 0.5) is 0 Å². The summed E-state index contributed by atoms with van der Waals surface area (Å²) in [6, 6.07) is 20.3. The number of carbonyl (C=O) groups is 1. The average Bonchev–Trinajstić information content (AvgIpc) is 2.62. The molecular weight excluding hydrogens is 282 g/mol. The highest BCUT2D eigenvalue weighted by Crippen LogP contribution is 2.21. The van der Waals surface area contributed by atoms with Crippen molar-refractivity contribution in [3.8, 4) is 0 Å². The Hall–Kier alpha value is -2.35. The van der Waals surface area contributed by atoms with Gasteiger partial charge in [0.25, 0.3) is 5.91 Å². The molecule has 2 aromatic carbocycles. The summed E-state index contributed by atoms with van der Waals surface area (Å²) in [5, 5.41) is 3.23. The SMILES string of the molecule is O=C(NC1CCCCC1)/C(=C/c1ccccc1)c1ccccc1. The van der Waals surface area contributed by atoms with Crippen LogP contribution in [0.15, 0.2) is 60.7 Å². The lowest BCUT2D eigenvalue weighted by Gasteiger charge is -2.23. The van der Waals surface area contributed by atoms with Gasteiger partial charge in [-0.1, -0.05) is 79.9 Å². The largest absolute Gasteiger partial charge is 0.349 e. The molecule has 2 nitrogen and oxygen atoms in total. The van der Waals surface area contributed by atoms with Gasteiger partial charge in [-0.15, -0.1) is 0 Å². The van der Waals surface area contributed by atoms with E-state index in [1.165, 1.54) is 19.3 Å². The minimum Gasteiger partial charge on any atom is -0.349 e. The predicted octanol–water partition coefficient (Wildman–Crippen LogP) is 4.68. The summed E-state index contributed by atoms with van der Waals surface area (Å²) in [6.45, 7) is 0. The average molecular weight is 305 g/mol. The summed E-state index contributed by atoms with van der Waals surface area (Å²) in [5.74, 6) is 0.0342. The highest BCUT2D eigenvalue weighted by molar-refractivity contribution is 6.24. The summed E-state index contributed by atoms with van der Waals surface area (Å²) in [6.07, 6.45) is 7.89. The monoisotopic (exact) mass is 305 g/mol. The van der Waals surface area contributed by atoms with Gasteiger partial charge in [-0.05, 0) is 30.0 Å². The minimum atomic E-state index is 0.0342. The number of hydrogen-bond acceptors (Lipinski definition) is 1. The molecule has 0 atom stereocenters. The number of carbonyl (C=O) groups excluding carboxylic acids is 1. The van der Waals surface area contributed by atoms with Gasteiger partial charge >= 0.3 is 0 Å². The Morgan fingerprint density at radius 1 is 0.870 bits per heavy atom. The molecule has 0 saturated heterocycles. The van der Waals surface area contributed by atoms with E-state index in [4.69, 9.17) is 0 Å². The van der Waals surface area contributed by atoms with E-state index in [9.17, 15) is 4.79 Å². The molecule has 0 bridgehead atoms. The fourth-order valence-corrected chi connectivity index (χ4v) is 3.12. The van der Waals surface area contributed by atoms with E-state index in [1.54, 1.807) is 0 Å². The molecule has 118 valence electrons. The van der Waals surface area contributed by atoms with Gasteiger partial charge in [-0.3, -0.25) is 4.79 Å². The van der Waals surface area contributed by atoms with E-state index in [-0.39, 0.29) is 5.91 Å². The van der Waals surface area contributed by atoms with E-state index >= 15 is 0 Å². The number of amides is 1. The molecule has 0 heterocycles. The standard InChI is InChI=1S/C21H23NO/c23-21(22-19-14-8-3-9-15-19)20(18-12-6-2-7-13-18)16-17-10-4-1-5-11-17/h1-2,4-7,10-13,16,19H,3,8-9,14-15H2,(H,22,23)/b20-16+. The molecule has 0 unspecified atom stereocenters. The van der Waals surface area contributed by atoms with Gasteiger partial charge in [-0.25, -0.2) is 0 Å². The lowest BCUT2D eigenvalue weighted by atomic mass is 9.94. The molecule has 0 aromatic heterocycles. The highest BCUT2D eigenvalue weighted by Gasteiger charge is 2.19. The van der Waals surface area contributed by atoms with Crippen LogP contribution in [0.25, 0.3) is 11.6 Å². The lowest BCUT2D eigenvalue weighted by molar-refractivity contribution is -0.116. The summed E-state index contributed by atoms with van der Waals surface area (Å²) in [5.41, 5.74) is 2.75. The number of nitrogens with one attached hydrogen (secondary N) is 1. The van der Waals surface area contributed by atoms with Gasteiger partial charge in [0.15, 0.2) is 0 Å². The topological polar surface area (TPSA) is 29.1 Å². The Balaban J connectivity index is 1.85. The van der Waals surface area contributed by atoms with Gasteiger partial charge < -0.3 is 5.32 Å². The van der Waals surface area contributed by atoms with Gasteiger partial charge in [0.05, 0.1) is 0 Å². The molecule has 1 amide bonds. The summed E-state index contributed by atoms with van der Waals surface area (Å²) in [4.78, 5) is 12.8. The molecule has 1 N–H and O–H groups in total. The molecule has 1 fully saturated rings. The summed E-state index contributed by atoms with van der Waals surface area (Å²) < 4.78 is 0. The molecule has 1 aliphatic rings. The van der Waals surface area contributed by atoms with Crippen LogP contribution >= 0.6 is 0 Å². The molecule has 0 spiro atoms. The number of rotatable bonds is 4. The van der Waals surface area contributed by atoms with E-state index in [1.807, 2.05) is 66.7 Å². The van der Waals surface area contributed by atoms with Crippen LogP contribution in [0.1, 0.15) is 43.2 Å². The number of benzene rings is 2. The Morgan fingerprint density at radius 3 is 2.13 bits per heavy atom. The first-order valence-corrected chi connectivity index (χ1v) is 8.46. The van der Waals surface area contributed by atoms with Gasteiger partial charge in [0.1, 0.15) is 0 Å². The van der Waals surface area contributed by atoms with Crippen LogP contribution < -0.4 is 5.32 Å². The Kier molecular flexibility index (Phi) is 5.25. The smallest absolute Gasteiger partial charge is 0.252 e. The zero-order valence-electron chi connectivity index (χ0n) is 13.4. The minimum absolute atomic E-state index is 0.0342. The predicted molar refractivity (Wildman–Crippen MR) is 95.8 cm³/mol. The fraction of sp³-hybridized carbons (Fsp3) is 0.286. The maximum atomic E-state index is 12.8. The molecular formula is C21H23NO. The second-order valence-corrected chi connectivity index (χ2v) is 6.14. The van der Waals surface area contributed by atoms with E-state index in [2.05, 4.69) is 5.32 Å². The van der Waals surface area contributed by atoms with Gasteiger partial charge in [0.2, 0.25) is 0 Å². The third-order valence-corrected chi connectivity index (χ3v) is 4.38. The maximum absolute atomic E-state index is 12.8. The molecule has 1 saturated carbocycles. The lowest BCUT2D eigenvalue weighted by Crippen LogP contribution is -2.36. The first-order chi connectivity index (χ1) is 11.3. The number of hydrogen-bond donors (Lipinski definition) is 1. The van der Waals surface area contributed by atoms with Crippen LogP contribution in [0, 0.1) is 0 Å². The second kappa shape index (κ2) is 7.77. The zero-order chi connectivity index (χ0) is 15.9. The molecule has 23 heavy (non-hydrogen) atoms. The van der Waals surface area contributed by atoms with Crippen molar-refractivity contribution < 1.29 is 4.79 Å². The van der Waals surface area contributed by atoms with Crippen molar-refractivity contribution in [3.05, 3.63) is 71.8 Å². The van der Waals surface area contributed by atoms with Crippen LogP contribution in [-0.2, 0) is 4.79 Å². The first-order valence-electron chi connectivity index (χ1n) is 8.46. The van der Waals surface area contributed by atoms with Crippen molar-refractivity contribution in [1.29, 1.82) is 0 Å². The van der Waals surface area contributed by atoms with Crippen molar-refractivity contribution in [2.24, 2.45) is 0 Å². The van der Waals surface area contributed by atoms with Crippen molar-refractivity contribution in [1.82, 2.24) is 5.32 Å². The Labute approximate surface area is 138 Å². The molecule has 0 radical (unpaired) electrons. The van der Waals surface area contributed by atoms with Crippen LogP contribution in [0.3, 0.4) is 0 Å². The molecule has 2 heteroatoms. The van der Waals surface area contributed by atoms with Crippen molar-refractivity contribution >= 4 is 17.6 Å². The highest BCUT2D eigenvalue weighted by atomic mass is 16.1. The van der Waals surface area contributed by atoms with Crippen molar-refractivity contribution in [2.75, 3.05) is 0 Å². The van der Waals surface area contributed by atoms with Crippen molar-refractivity contribution in [2.45, 2.75) is 38.1 Å². The normalized spacial score (nSPS) is 16.1. The Bertz CT molecular complexity index is 655. The maximum Gasteiger partial charge on any atom is 0.252 e. The van der Waals surface area contributed by atoms with E-state index in [0.29, 0.717) is 6.04 Å². The van der Waals surface area contributed by atoms with Crippen LogP contribution in [0.2, 0.25) is 0 Å². The Morgan fingerprint density at radius 2 is 1.48 bits per heavy atom.